The molecule has 0 heterocycles. The van der Waals surface area contributed by atoms with Gasteiger partial charge in [0.15, 0.2) is 0 Å². The molecule has 0 rings (SSSR count). The van der Waals surface area contributed by atoms with Gasteiger partial charge in [0.05, 0.1) is 6.10 Å². The van der Waals surface area contributed by atoms with E-state index in [1.165, 1.54) is 51.4 Å². The van der Waals surface area contributed by atoms with Gasteiger partial charge < -0.3 is 10.4 Å². The molecular formula is C16H34NO. The first kappa shape index (κ1) is 17.9. The quantitative estimate of drug-likeness (QED) is 0.459. The summed E-state index contributed by atoms with van der Waals surface area (Å²) in [6, 6.07) is 0. The fraction of sp³-hybridized carbons (Fsp3) is 0.938. The smallest absolute Gasteiger partial charge is 0.0664 e. The molecule has 0 aromatic carbocycles. The highest BCUT2D eigenvalue weighted by molar-refractivity contribution is 4.60. The Bertz CT molecular complexity index is 150. The Labute approximate surface area is 115 Å². The Hall–Kier alpha value is -0.0800. The van der Waals surface area contributed by atoms with Gasteiger partial charge in [0.1, 0.15) is 0 Å². The molecule has 109 valence electrons. The van der Waals surface area contributed by atoms with E-state index in [1.807, 2.05) is 0 Å². The highest BCUT2D eigenvalue weighted by Crippen LogP contribution is 2.10. The van der Waals surface area contributed by atoms with E-state index in [1.54, 1.807) is 0 Å². The normalized spacial score (nSPS) is 12.8. The Morgan fingerprint density at radius 3 is 2.17 bits per heavy atom. The van der Waals surface area contributed by atoms with Crippen molar-refractivity contribution in [1.82, 2.24) is 5.32 Å². The van der Waals surface area contributed by atoms with E-state index in [-0.39, 0.29) is 6.10 Å². The highest BCUT2D eigenvalue weighted by Gasteiger charge is 2.02. The van der Waals surface area contributed by atoms with Gasteiger partial charge in [-0.05, 0) is 19.4 Å². The molecule has 0 fully saturated rings. The summed E-state index contributed by atoms with van der Waals surface area (Å²) in [5, 5.41) is 13.0. The van der Waals surface area contributed by atoms with Gasteiger partial charge in [-0.1, -0.05) is 71.6 Å². The Morgan fingerprint density at radius 1 is 0.944 bits per heavy atom. The molecular weight excluding hydrogens is 222 g/mol. The summed E-state index contributed by atoms with van der Waals surface area (Å²) in [5.41, 5.74) is 0. The first-order valence-corrected chi connectivity index (χ1v) is 7.99. The second-order valence-corrected chi connectivity index (χ2v) is 5.33. The van der Waals surface area contributed by atoms with Gasteiger partial charge in [-0.2, -0.15) is 0 Å². The van der Waals surface area contributed by atoms with E-state index in [0.717, 1.165) is 32.4 Å². The molecule has 2 N–H and O–H groups in total. The summed E-state index contributed by atoms with van der Waals surface area (Å²) in [5.74, 6) is 0. The molecule has 1 radical (unpaired) electrons. The van der Waals surface area contributed by atoms with E-state index < -0.39 is 0 Å². The highest BCUT2D eigenvalue weighted by atomic mass is 16.3. The SMILES string of the molecule is [CH2]CCCNCC(O)CCCCCCCCCC. The molecule has 0 aliphatic carbocycles. The molecule has 1 unspecified atom stereocenters. The zero-order valence-corrected chi connectivity index (χ0v) is 12.4. The molecule has 0 saturated carbocycles. The Morgan fingerprint density at radius 2 is 1.56 bits per heavy atom. The van der Waals surface area contributed by atoms with Crippen molar-refractivity contribution in [3.63, 3.8) is 0 Å². The van der Waals surface area contributed by atoms with E-state index >= 15 is 0 Å². The molecule has 0 aromatic heterocycles. The summed E-state index contributed by atoms with van der Waals surface area (Å²) < 4.78 is 0. The van der Waals surface area contributed by atoms with Crippen LogP contribution >= 0.6 is 0 Å². The number of rotatable bonds is 14. The molecule has 1 atom stereocenters. The van der Waals surface area contributed by atoms with Crippen molar-refractivity contribution in [1.29, 1.82) is 0 Å². The molecule has 0 amide bonds. The lowest BCUT2D eigenvalue weighted by atomic mass is 10.1. The maximum atomic E-state index is 9.74. The maximum Gasteiger partial charge on any atom is 0.0664 e. The lowest BCUT2D eigenvalue weighted by molar-refractivity contribution is 0.158. The van der Waals surface area contributed by atoms with Crippen LogP contribution in [0, 0.1) is 6.92 Å². The van der Waals surface area contributed by atoms with Gasteiger partial charge in [-0.25, -0.2) is 0 Å². The molecule has 0 aliphatic rings. The molecule has 0 saturated heterocycles. The summed E-state index contributed by atoms with van der Waals surface area (Å²) >= 11 is 0. The third-order valence-corrected chi connectivity index (χ3v) is 3.37. The minimum atomic E-state index is -0.157. The van der Waals surface area contributed by atoms with Crippen molar-refractivity contribution in [3.8, 4) is 0 Å². The standard InChI is InChI=1S/C16H34NO/c1-3-5-7-8-9-10-11-12-13-16(18)15-17-14-6-4-2/h16-18H,2-15H2,1H3. The van der Waals surface area contributed by atoms with Crippen molar-refractivity contribution in [2.24, 2.45) is 0 Å². The van der Waals surface area contributed by atoms with Gasteiger partial charge in [0.2, 0.25) is 0 Å². The number of unbranched alkanes of at least 4 members (excludes halogenated alkanes) is 8. The van der Waals surface area contributed by atoms with Crippen molar-refractivity contribution in [2.75, 3.05) is 13.1 Å². The van der Waals surface area contributed by atoms with Crippen LogP contribution in [0.15, 0.2) is 0 Å². The van der Waals surface area contributed by atoms with Gasteiger partial charge in [0.25, 0.3) is 0 Å². The van der Waals surface area contributed by atoms with Crippen LogP contribution in [0.3, 0.4) is 0 Å². The summed E-state index contributed by atoms with van der Waals surface area (Å²) in [6.45, 7) is 7.78. The summed E-state index contributed by atoms with van der Waals surface area (Å²) in [7, 11) is 0. The molecule has 0 spiro atoms. The van der Waals surface area contributed by atoms with Gasteiger partial charge in [-0.3, -0.25) is 0 Å². The Kier molecular flexibility index (Phi) is 14.9. The van der Waals surface area contributed by atoms with E-state index in [9.17, 15) is 5.11 Å². The van der Waals surface area contributed by atoms with Crippen LogP contribution in [0.25, 0.3) is 0 Å². The summed E-state index contributed by atoms with van der Waals surface area (Å²) in [4.78, 5) is 0. The molecule has 0 bridgehead atoms. The van der Waals surface area contributed by atoms with Crippen molar-refractivity contribution in [2.45, 2.75) is 83.7 Å². The second kappa shape index (κ2) is 15.0. The monoisotopic (exact) mass is 256 g/mol. The van der Waals surface area contributed by atoms with Crippen molar-refractivity contribution in [3.05, 3.63) is 6.92 Å². The Balaban J connectivity index is 3.08. The first-order valence-electron chi connectivity index (χ1n) is 7.99. The van der Waals surface area contributed by atoms with E-state index in [2.05, 4.69) is 19.2 Å². The predicted octanol–water partition coefficient (Wildman–Crippen LogP) is 4.08. The van der Waals surface area contributed by atoms with Crippen LogP contribution in [0.2, 0.25) is 0 Å². The zero-order chi connectivity index (χ0) is 13.5. The van der Waals surface area contributed by atoms with Crippen LogP contribution in [-0.4, -0.2) is 24.3 Å². The lowest BCUT2D eigenvalue weighted by Crippen LogP contribution is -2.27. The molecule has 2 nitrogen and oxygen atoms in total. The number of aliphatic hydroxyl groups is 1. The number of aliphatic hydroxyl groups excluding tert-OH is 1. The van der Waals surface area contributed by atoms with Gasteiger partial charge >= 0.3 is 0 Å². The van der Waals surface area contributed by atoms with Crippen LogP contribution in [0.4, 0.5) is 0 Å². The lowest BCUT2D eigenvalue weighted by Gasteiger charge is -2.11. The average Bonchev–Trinajstić information content (AvgIpc) is 2.38. The van der Waals surface area contributed by atoms with Crippen molar-refractivity contribution >= 4 is 0 Å². The molecule has 18 heavy (non-hydrogen) atoms. The predicted molar refractivity (Wildman–Crippen MR) is 80.7 cm³/mol. The van der Waals surface area contributed by atoms with Crippen LogP contribution in [-0.2, 0) is 0 Å². The number of hydrogen-bond donors (Lipinski definition) is 2. The summed E-state index contributed by atoms with van der Waals surface area (Å²) in [6.07, 6.45) is 13.5. The van der Waals surface area contributed by atoms with E-state index in [0.29, 0.717) is 0 Å². The first-order chi connectivity index (χ1) is 8.81. The third-order valence-electron chi connectivity index (χ3n) is 3.37. The number of nitrogens with one attached hydrogen (secondary N) is 1. The minimum Gasteiger partial charge on any atom is -0.392 e. The molecule has 0 aliphatic heterocycles. The largest absolute Gasteiger partial charge is 0.392 e. The number of hydrogen-bond acceptors (Lipinski definition) is 2. The van der Waals surface area contributed by atoms with Gasteiger partial charge in [-0.15, -0.1) is 0 Å². The van der Waals surface area contributed by atoms with Crippen LogP contribution in [0.5, 0.6) is 0 Å². The maximum absolute atomic E-state index is 9.74. The van der Waals surface area contributed by atoms with Crippen LogP contribution in [0.1, 0.15) is 77.6 Å². The second-order valence-electron chi connectivity index (χ2n) is 5.33. The van der Waals surface area contributed by atoms with Crippen LogP contribution < -0.4 is 5.32 Å². The minimum absolute atomic E-state index is 0.157. The van der Waals surface area contributed by atoms with E-state index in [4.69, 9.17) is 0 Å². The molecule has 2 heteroatoms. The molecule has 0 aromatic rings. The van der Waals surface area contributed by atoms with Gasteiger partial charge in [0, 0.05) is 6.54 Å². The van der Waals surface area contributed by atoms with Crippen molar-refractivity contribution < 1.29 is 5.11 Å². The average molecular weight is 256 g/mol. The zero-order valence-electron chi connectivity index (χ0n) is 12.4. The topological polar surface area (TPSA) is 32.3 Å². The fourth-order valence-electron chi connectivity index (χ4n) is 2.13. The fourth-order valence-corrected chi connectivity index (χ4v) is 2.13. The third kappa shape index (κ3) is 14.0.